The Hall–Kier alpha value is -0.380. The van der Waals surface area contributed by atoms with Crippen LogP contribution in [0.2, 0.25) is 0 Å². The van der Waals surface area contributed by atoms with E-state index in [-0.39, 0.29) is 0 Å². The molecule has 0 bridgehead atoms. The molecule has 1 aromatic rings. The van der Waals surface area contributed by atoms with E-state index in [1.165, 1.54) is 29.3 Å². The van der Waals surface area contributed by atoms with Gasteiger partial charge in [-0.3, -0.25) is 0 Å². The van der Waals surface area contributed by atoms with Gasteiger partial charge in [0.05, 0.1) is 0 Å². The van der Waals surface area contributed by atoms with Crippen LogP contribution < -0.4 is 5.32 Å². The Balaban J connectivity index is 1.63. The van der Waals surface area contributed by atoms with Crippen LogP contribution in [-0.2, 0) is 6.54 Å². The van der Waals surface area contributed by atoms with Gasteiger partial charge in [-0.25, -0.2) is 0 Å². The summed E-state index contributed by atoms with van der Waals surface area (Å²) in [6.45, 7) is 3.35. The van der Waals surface area contributed by atoms with Crippen LogP contribution in [0.25, 0.3) is 0 Å². The molecule has 1 aromatic carbocycles. The average molecular weight is 297 g/mol. The van der Waals surface area contributed by atoms with Gasteiger partial charge in [0.25, 0.3) is 0 Å². The molecule has 1 fully saturated rings. The molecule has 2 nitrogen and oxygen atoms in total. The van der Waals surface area contributed by atoms with Gasteiger partial charge in [0.15, 0.2) is 0 Å². The van der Waals surface area contributed by atoms with Crippen LogP contribution in [0.15, 0.2) is 28.7 Å². The lowest BCUT2D eigenvalue weighted by molar-refractivity contribution is 0.319. The van der Waals surface area contributed by atoms with Gasteiger partial charge in [0.1, 0.15) is 0 Å². The molecule has 1 aliphatic rings. The van der Waals surface area contributed by atoms with E-state index in [1.54, 1.807) is 0 Å². The van der Waals surface area contributed by atoms with Gasteiger partial charge in [-0.1, -0.05) is 28.1 Å². The lowest BCUT2D eigenvalue weighted by Crippen LogP contribution is -2.24. The molecule has 94 valence electrons. The number of rotatable bonds is 7. The molecule has 1 saturated carbocycles. The number of benzene rings is 1. The molecule has 1 aliphatic carbocycles. The maximum absolute atomic E-state index is 3.55. The highest BCUT2D eigenvalue weighted by atomic mass is 79.9. The first-order valence-electron chi connectivity index (χ1n) is 6.40. The van der Waals surface area contributed by atoms with E-state index in [0.29, 0.717) is 0 Å². The minimum absolute atomic E-state index is 0.838. The lowest BCUT2D eigenvalue weighted by atomic mass is 10.2. The second-order valence-electron chi connectivity index (χ2n) is 4.95. The molecule has 17 heavy (non-hydrogen) atoms. The Labute approximate surface area is 113 Å². The summed E-state index contributed by atoms with van der Waals surface area (Å²) in [5.74, 6) is 0. The van der Waals surface area contributed by atoms with Gasteiger partial charge in [0.2, 0.25) is 0 Å². The molecule has 0 aliphatic heterocycles. The van der Waals surface area contributed by atoms with Crippen molar-refractivity contribution in [3.05, 3.63) is 34.3 Å². The van der Waals surface area contributed by atoms with E-state index in [1.807, 2.05) is 0 Å². The quantitative estimate of drug-likeness (QED) is 0.778. The molecule has 0 aromatic heterocycles. The molecule has 0 heterocycles. The summed E-state index contributed by atoms with van der Waals surface area (Å²) in [4.78, 5) is 2.39. The summed E-state index contributed by atoms with van der Waals surface area (Å²) in [6, 6.07) is 9.39. The third-order valence-electron chi connectivity index (χ3n) is 3.07. The van der Waals surface area contributed by atoms with E-state index in [0.717, 1.165) is 25.7 Å². The van der Waals surface area contributed by atoms with Crippen molar-refractivity contribution in [2.45, 2.75) is 31.8 Å². The highest BCUT2D eigenvalue weighted by Crippen LogP contribution is 2.18. The third-order valence-corrected chi connectivity index (χ3v) is 3.56. The van der Waals surface area contributed by atoms with Crippen molar-refractivity contribution in [1.82, 2.24) is 10.2 Å². The fourth-order valence-corrected chi connectivity index (χ4v) is 2.42. The predicted octanol–water partition coefficient (Wildman–Crippen LogP) is 3.02. The first-order valence-corrected chi connectivity index (χ1v) is 7.20. The molecular formula is C14H21BrN2. The average Bonchev–Trinajstić information content (AvgIpc) is 3.08. The van der Waals surface area contributed by atoms with Crippen LogP contribution in [0.5, 0.6) is 0 Å². The third kappa shape index (κ3) is 5.19. The summed E-state index contributed by atoms with van der Waals surface area (Å²) < 4.78 is 1.17. The van der Waals surface area contributed by atoms with Crippen molar-refractivity contribution in [2.75, 3.05) is 20.1 Å². The molecule has 0 unspecified atom stereocenters. The van der Waals surface area contributed by atoms with E-state index in [4.69, 9.17) is 0 Å². The van der Waals surface area contributed by atoms with Crippen LogP contribution in [0.1, 0.15) is 24.8 Å². The summed E-state index contributed by atoms with van der Waals surface area (Å²) in [7, 11) is 2.19. The zero-order valence-electron chi connectivity index (χ0n) is 10.5. The Kier molecular flexibility index (Phi) is 5.01. The molecule has 0 saturated heterocycles. The van der Waals surface area contributed by atoms with Gasteiger partial charge in [0, 0.05) is 17.1 Å². The molecule has 3 heteroatoms. The van der Waals surface area contributed by atoms with Gasteiger partial charge >= 0.3 is 0 Å². The number of hydrogen-bond acceptors (Lipinski definition) is 2. The van der Waals surface area contributed by atoms with Crippen molar-refractivity contribution < 1.29 is 0 Å². The normalized spacial score (nSPS) is 15.5. The predicted molar refractivity (Wildman–Crippen MR) is 76.1 cm³/mol. The van der Waals surface area contributed by atoms with E-state index in [2.05, 4.69) is 57.5 Å². The van der Waals surface area contributed by atoms with Crippen LogP contribution in [-0.4, -0.2) is 31.1 Å². The highest BCUT2D eigenvalue weighted by molar-refractivity contribution is 9.10. The summed E-state index contributed by atoms with van der Waals surface area (Å²) in [6.07, 6.45) is 4.00. The van der Waals surface area contributed by atoms with Crippen LogP contribution in [0.4, 0.5) is 0 Å². The Morgan fingerprint density at radius 3 is 2.94 bits per heavy atom. The molecule has 0 spiro atoms. The van der Waals surface area contributed by atoms with E-state index < -0.39 is 0 Å². The number of halogens is 1. The number of hydrogen-bond donors (Lipinski definition) is 1. The zero-order chi connectivity index (χ0) is 12.1. The monoisotopic (exact) mass is 296 g/mol. The van der Waals surface area contributed by atoms with Crippen molar-refractivity contribution >= 4 is 15.9 Å². The maximum Gasteiger partial charge on any atom is 0.0231 e. The molecule has 0 amide bonds. The Bertz CT molecular complexity index is 350. The van der Waals surface area contributed by atoms with E-state index in [9.17, 15) is 0 Å². The highest BCUT2D eigenvalue weighted by Gasteiger charge is 2.19. The lowest BCUT2D eigenvalue weighted by Gasteiger charge is -2.16. The van der Waals surface area contributed by atoms with Crippen molar-refractivity contribution in [3.8, 4) is 0 Å². The summed E-state index contributed by atoms with van der Waals surface area (Å²) in [5, 5.41) is 3.55. The smallest absolute Gasteiger partial charge is 0.0231 e. The summed E-state index contributed by atoms with van der Waals surface area (Å²) in [5.41, 5.74) is 1.37. The van der Waals surface area contributed by atoms with Crippen molar-refractivity contribution in [1.29, 1.82) is 0 Å². The first-order chi connectivity index (χ1) is 8.24. The molecule has 1 N–H and O–H groups in total. The van der Waals surface area contributed by atoms with Gasteiger partial charge in [-0.15, -0.1) is 0 Å². The number of nitrogens with one attached hydrogen (secondary N) is 1. The van der Waals surface area contributed by atoms with Gasteiger partial charge in [-0.2, -0.15) is 0 Å². The Morgan fingerprint density at radius 1 is 1.41 bits per heavy atom. The fourth-order valence-electron chi connectivity index (χ4n) is 1.97. The van der Waals surface area contributed by atoms with E-state index >= 15 is 0 Å². The van der Waals surface area contributed by atoms with Crippen LogP contribution in [0, 0.1) is 0 Å². The van der Waals surface area contributed by atoms with Crippen LogP contribution in [0.3, 0.4) is 0 Å². The fraction of sp³-hybridized carbons (Fsp3) is 0.571. The van der Waals surface area contributed by atoms with Crippen LogP contribution >= 0.6 is 15.9 Å². The zero-order valence-corrected chi connectivity index (χ0v) is 12.0. The maximum atomic E-state index is 3.55. The Morgan fingerprint density at radius 2 is 2.24 bits per heavy atom. The second kappa shape index (κ2) is 6.53. The molecular weight excluding hydrogens is 276 g/mol. The standard InChI is InChI=1S/C14H21BrN2/c1-17(9-3-8-16-14-6-7-14)11-12-4-2-5-13(15)10-12/h2,4-5,10,14,16H,3,6-9,11H2,1H3. The molecule has 0 radical (unpaired) electrons. The summed E-state index contributed by atoms with van der Waals surface area (Å²) >= 11 is 3.51. The van der Waals surface area contributed by atoms with Gasteiger partial charge in [-0.05, 0) is 57.1 Å². The second-order valence-corrected chi connectivity index (χ2v) is 5.87. The molecule has 2 rings (SSSR count). The first kappa shape index (κ1) is 13.1. The van der Waals surface area contributed by atoms with Crippen molar-refractivity contribution in [2.24, 2.45) is 0 Å². The van der Waals surface area contributed by atoms with Crippen molar-refractivity contribution in [3.63, 3.8) is 0 Å². The topological polar surface area (TPSA) is 15.3 Å². The minimum Gasteiger partial charge on any atom is -0.314 e. The minimum atomic E-state index is 0.838. The SMILES string of the molecule is CN(CCCNC1CC1)Cc1cccc(Br)c1. The largest absolute Gasteiger partial charge is 0.314 e. The van der Waals surface area contributed by atoms with Gasteiger partial charge < -0.3 is 10.2 Å². The number of nitrogens with zero attached hydrogens (tertiary/aromatic N) is 1. The molecule has 0 atom stereocenters.